The van der Waals surface area contributed by atoms with E-state index in [9.17, 15) is 4.79 Å². The second-order valence-corrected chi connectivity index (χ2v) is 4.99. The second-order valence-electron chi connectivity index (χ2n) is 3.29. The van der Waals surface area contributed by atoms with Crippen LogP contribution in [0.5, 0.6) is 0 Å². The van der Waals surface area contributed by atoms with Crippen LogP contribution in [0.3, 0.4) is 0 Å². The number of ether oxygens (including phenoxy) is 1. The molecule has 0 fully saturated rings. The average molecular weight is 216 g/mol. The highest BCUT2D eigenvalue weighted by molar-refractivity contribution is 6.26. The minimum absolute atomic E-state index is 0.00436. The molecule has 1 atom stereocenters. The molecule has 4 heteroatoms. The molecule has 0 saturated heterocycles. The second kappa shape index (κ2) is 8.96. The van der Waals surface area contributed by atoms with Crippen molar-refractivity contribution in [3.05, 3.63) is 12.7 Å². The van der Waals surface area contributed by atoms with Crippen LogP contribution in [-0.4, -0.2) is 28.9 Å². The van der Waals surface area contributed by atoms with Gasteiger partial charge in [0.1, 0.15) is 0 Å². The first-order valence-electron chi connectivity index (χ1n) is 5.02. The Labute approximate surface area is 88.4 Å². The maximum absolute atomic E-state index is 10.8. The summed E-state index contributed by atoms with van der Waals surface area (Å²) in [6.07, 6.45) is 4.41. The molecule has 0 heterocycles. The molecule has 1 unspecified atom stereocenters. The summed E-state index contributed by atoms with van der Waals surface area (Å²) >= 11 is 0. The first-order valence-corrected chi connectivity index (χ1v) is 6.60. The van der Waals surface area contributed by atoms with Gasteiger partial charge in [0.25, 0.3) is 0 Å². The third kappa shape index (κ3) is 8.01. The first-order chi connectivity index (χ1) is 6.70. The minimum Gasteiger partial charge on any atom is -0.460 e. The molecule has 0 saturated carbocycles. The van der Waals surface area contributed by atoms with Crippen LogP contribution < -0.4 is 0 Å². The van der Waals surface area contributed by atoms with Crippen LogP contribution in [0, 0.1) is 0 Å². The van der Waals surface area contributed by atoms with Crippen LogP contribution in [0.4, 0.5) is 0 Å². The summed E-state index contributed by atoms with van der Waals surface area (Å²) in [5, 5.41) is 0. The summed E-state index contributed by atoms with van der Waals surface area (Å²) in [6, 6.07) is 1.21. The minimum atomic E-state index is -0.330. The average Bonchev–Trinajstić information content (AvgIpc) is 2.17. The predicted octanol–water partition coefficient (Wildman–Crippen LogP) is 1.42. The maximum Gasteiger partial charge on any atom is 0.330 e. The van der Waals surface area contributed by atoms with Gasteiger partial charge in [0.05, 0.1) is 6.10 Å². The smallest absolute Gasteiger partial charge is 0.330 e. The van der Waals surface area contributed by atoms with Crippen LogP contribution in [0.1, 0.15) is 26.2 Å². The zero-order chi connectivity index (χ0) is 10.8. The molecule has 0 aliphatic carbocycles. The van der Waals surface area contributed by atoms with Gasteiger partial charge in [-0.3, -0.25) is 0 Å². The molecule has 0 N–H and O–H groups in total. The fourth-order valence-corrected chi connectivity index (χ4v) is 2.01. The Morgan fingerprint density at radius 1 is 1.57 bits per heavy atom. The van der Waals surface area contributed by atoms with Crippen LogP contribution in [0.2, 0.25) is 6.04 Å². The molecule has 82 valence electrons. The van der Waals surface area contributed by atoms with Crippen molar-refractivity contribution in [1.29, 1.82) is 0 Å². The van der Waals surface area contributed by atoms with E-state index in [2.05, 4.69) is 6.58 Å². The maximum atomic E-state index is 10.8. The van der Waals surface area contributed by atoms with E-state index in [-0.39, 0.29) is 21.8 Å². The van der Waals surface area contributed by atoms with Gasteiger partial charge in [-0.1, -0.05) is 19.4 Å². The molecule has 0 aliphatic heterocycles. The summed E-state index contributed by atoms with van der Waals surface area (Å²) in [4.78, 5) is 10.8. The van der Waals surface area contributed by atoms with Crippen molar-refractivity contribution < 1.29 is 14.0 Å². The number of rotatable bonds is 8. The van der Waals surface area contributed by atoms with E-state index in [0.717, 1.165) is 12.8 Å². The molecule has 14 heavy (non-hydrogen) atoms. The van der Waals surface area contributed by atoms with Gasteiger partial charge in [0.15, 0.2) is 9.76 Å². The molecular weight excluding hydrogens is 196 g/mol. The van der Waals surface area contributed by atoms with Gasteiger partial charge in [0.2, 0.25) is 0 Å². The van der Waals surface area contributed by atoms with E-state index < -0.39 is 0 Å². The molecule has 0 rings (SSSR count). The van der Waals surface area contributed by atoms with E-state index in [0.29, 0.717) is 0 Å². The van der Waals surface area contributed by atoms with Crippen LogP contribution >= 0.6 is 0 Å². The van der Waals surface area contributed by atoms with E-state index >= 15 is 0 Å². The Morgan fingerprint density at radius 3 is 2.86 bits per heavy atom. The van der Waals surface area contributed by atoms with E-state index in [1.807, 2.05) is 6.92 Å². The molecule has 3 nitrogen and oxygen atoms in total. The summed E-state index contributed by atoms with van der Waals surface area (Å²) in [6.45, 7) is 5.26. The highest BCUT2D eigenvalue weighted by Crippen LogP contribution is 2.06. The molecule has 0 amide bonds. The lowest BCUT2D eigenvalue weighted by atomic mass is 10.2. The number of hydrogen-bond acceptors (Lipinski definition) is 3. The third-order valence-electron chi connectivity index (χ3n) is 1.94. The molecule has 0 aliphatic rings. The lowest BCUT2D eigenvalue weighted by Gasteiger charge is -2.10. The Hall–Kier alpha value is -0.613. The van der Waals surface area contributed by atoms with Crippen molar-refractivity contribution in [3.63, 3.8) is 0 Å². The van der Waals surface area contributed by atoms with Crippen molar-refractivity contribution in [3.8, 4) is 0 Å². The largest absolute Gasteiger partial charge is 0.460 e. The Balaban J connectivity index is 3.30. The highest BCUT2D eigenvalue weighted by Gasteiger charge is 2.05. The normalized spacial score (nSPS) is 13.0. The molecule has 0 radical (unpaired) electrons. The van der Waals surface area contributed by atoms with Gasteiger partial charge >= 0.3 is 5.97 Å². The summed E-state index contributed by atoms with van der Waals surface area (Å²) in [5.74, 6) is -0.330. The molecule has 0 aromatic heterocycles. The first kappa shape index (κ1) is 13.4. The van der Waals surface area contributed by atoms with Crippen molar-refractivity contribution in [2.24, 2.45) is 0 Å². The lowest BCUT2D eigenvalue weighted by molar-refractivity contribution is -0.142. The van der Waals surface area contributed by atoms with Crippen molar-refractivity contribution >= 4 is 15.7 Å². The standard InChI is InChI=1S/C10H20O3Si/c1-4-10(11)13-9(2)7-5-6-8-14-12-3/h4,9H,1,5-8,14H2,2-3H3. The SMILES string of the molecule is C=CC(=O)OC(C)CCCC[SiH2]OC. The van der Waals surface area contributed by atoms with Gasteiger partial charge in [-0.2, -0.15) is 0 Å². The van der Waals surface area contributed by atoms with Gasteiger partial charge in [-0.05, 0) is 19.4 Å². The van der Waals surface area contributed by atoms with Gasteiger partial charge in [-0.15, -0.1) is 0 Å². The van der Waals surface area contributed by atoms with Crippen molar-refractivity contribution in [1.82, 2.24) is 0 Å². The molecule has 0 aromatic rings. The van der Waals surface area contributed by atoms with E-state index in [4.69, 9.17) is 9.16 Å². The topological polar surface area (TPSA) is 35.5 Å². The highest BCUT2D eigenvalue weighted by atomic mass is 28.2. The Bertz CT molecular complexity index is 171. The fraction of sp³-hybridized carbons (Fsp3) is 0.700. The van der Waals surface area contributed by atoms with Gasteiger partial charge < -0.3 is 9.16 Å². The molecular formula is C10H20O3Si. The molecule has 0 bridgehead atoms. The lowest BCUT2D eigenvalue weighted by Crippen LogP contribution is -2.12. The van der Waals surface area contributed by atoms with Crippen LogP contribution in [0.25, 0.3) is 0 Å². The fourth-order valence-electron chi connectivity index (χ4n) is 1.16. The van der Waals surface area contributed by atoms with Crippen molar-refractivity contribution in [2.75, 3.05) is 7.11 Å². The predicted molar refractivity (Wildman–Crippen MR) is 60.0 cm³/mol. The monoisotopic (exact) mass is 216 g/mol. The number of carbonyl (C=O) groups excluding carboxylic acids is 1. The zero-order valence-electron chi connectivity index (χ0n) is 9.12. The van der Waals surface area contributed by atoms with Crippen molar-refractivity contribution in [2.45, 2.75) is 38.3 Å². The van der Waals surface area contributed by atoms with Crippen LogP contribution in [-0.2, 0) is 14.0 Å². The van der Waals surface area contributed by atoms with E-state index in [1.165, 1.54) is 18.5 Å². The summed E-state index contributed by atoms with van der Waals surface area (Å²) in [5.41, 5.74) is 0. The number of esters is 1. The molecule has 0 aromatic carbocycles. The Morgan fingerprint density at radius 2 is 2.29 bits per heavy atom. The van der Waals surface area contributed by atoms with E-state index in [1.54, 1.807) is 7.11 Å². The number of hydrogen-bond donors (Lipinski definition) is 0. The number of unbranched alkanes of at least 4 members (excludes halogenated alkanes) is 1. The Kier molecular flexibility index (Phi) is 8.57. The van der Waals surface area contributed by atoms with Gasteiger partial charge in [0, 0.05) is 13.2 Å². The van der Waals surface area contributed by atoms with Gasteiger partial charge in [-0.25, -0.2) is 4.79 Å². The number of carbonyl (C=O) groups is 1. The zero-order valence-corrected chi connectivity index (χ0v) is 10.5. The third-order valence-corrected chi connectivity index (χ3v) is 3.14. The quantitative estimate of drug-likeness (QED) is 0.266. The molecule has 0 spiro atoms. The summed E-state index contributed by atoms with van der Waals surface area (Å²) < 4.78 is 10.1. The summed E-state index contributed by atoms with van der Waals surface area (Å²) in [7, 11) is 1.49. The van der Waals surface area contributed by atoms with Crippen LogP contribution in [0.15, 0.2) is 12.7 Å².